The van der Waals surface area contributed by atoms with Gasteiger partial charge in [-0.25, -0.2) is 17.6 Å². The molecule has 0 N–H and O–H groups in total. The van der Waals surface area contributed by atoms with E-state index >= 15 is 0 Å². The third-order valence-corrected chi connectivity index (χ3v) is 4.38. The average Bonchev–Trinajstić information content (AvgIpc) is 2.35. The molecule has 0 amide bonds. The summed E-state index contributed by atoms with van der Waals surface area (Å²) in [6, 6.07) is 1.55. The van der Waals surface area contributed by atoms with Gasteiger partial charge in [-0.1, -0.05) is 25.4 Å². The molecule has 0 aliphatic carbocycles. The van der Waals surface area contributed by atoms with Crippen LogP contribution in [0.4, 0.5) is 4.39 Å². The lowest BCUT2D eigenvalue weighted by molar-refractivity contribution is 0.0494. The quantitative estimate of drug-likeness (QED) is 0.439. The molecular weight excluding hydrogens is 342 g/mol. The number of hydrogen-bond donors (Lipinski definition) is 0. The Hall–Kier alpha value is -0.850. The van der Waals surface area contributed by atoms with Crippen LogP contribution in [-0.2, 0) is 13.8 Å². The van der Waals surface area contributed by atoms with E-state index in [9.17, 15) is 17.6 Å². The molecule has 1 aromatic rings. The minimum atomic E-state index is -4.17. The highest BCUT2D eigenvalue weighted by molar-refractivity contribution is 8.13. The molecule has 0 saturated carbocycles. The Morgan fingerprint density at radius 2 is 2.00 bits per heavy atom. The number of carbonyl (C=O) groups is 1. The summed E-state index contributed by atoms with van der Waals surface area (Å²) in [5.41, 5.74) is -0.361. The van der Waals surface area contributed by atoms with Crippen molar-refractivity contribution in [1.82, 2.24) is 0 Å². The highest BCUT2D eigenvalue weighted by Crippen LogP contribution is 2.27. The molecule has 0 spiro atoms. The minimum Gasteiger partial charge on any atom is -0.462 e. The molecule has 0 radical (unpaired) electrons. The summed E-state index contributed by atoms with van der Waals surface area (Å²) < 4.78 is 40.9. The number of ether oxygens (including phenoxy) is 1. The Balaban J connectivity index is 2.91. The fourth-order valence-electron chi connectivity index (χ4n) is 1.59. The first kappa shape index (κ1) is 18.2. The van der Waals surface area contributed by atoms with Gasteiger partial charge in [0.2, 0.25) is 0 Å². The number of carbonyl (C=O) groups excluding carboxylic acids is 1. The molecule has 0 aliphatic rings. The largest absolute Gasteiger partial charge is 0.462 e. The van der Waals surface area contributed by atoms with Crippen LogP contribution in [0.15, 0.2) is 17.0 Å². The molecular formula is C13H15Cl2FO4S. The summed E-state index contributed by atoms with van der Waals surface area (Å²) in [6.45, 7) is 4.21. The number of halogens is 3. The van der Waals surface area contributed by atoms with Crippen molar-refractivity contribution in [3.8, 4) is 0 Å². The first-order chi connectivity index (χ1) is 9.62. The summed E-state index contributed by atoms with van der Waals surface area (Å²) in [6.07, 6.45) is 1.52. The van der Waals surface area contributed by atoms with E-state index < -0.39 is 30.8 Å². The van der Waals surface area contributed by atoms with Gasteiger partial charge >= 0.3 is 5.97 Å². The predicted octanol–water partition coefficient (Wildman–Crippen LogP) is 4.00. The summed E-state index contributed by atoms with van der Waals surface area (Å²) >= 11 is 5.66. The molecule has 0 atom stereocenters. The molecule has 1 rings (SSSR count). The lowest BCUT2D eigenvalue weighted by Gasteiger charge is -2.09. The molecule has 4 nitrogen and oxygen atoms in total. The van der Waals surface area contributed by atoms with Gasteiger partial charge in [-0.3, -0.25) is 0 Å². The van der Waals surface area contributed by atoms with Crippen LogP contribution in [0, 0.1) is 11.7 Å². The van der Waals surface area contributed by atoms with E-state index in [1.807, 2.05) is 13.8 Å². The number of rotatable bonds is 6. The standard InChI is InChI=1S/C13H15Cl2FO4S/c1-8(2)4-3-5-20-13(17)10-6-9(21(15,18)19)7-11(16)12(10)14/h6-8H,3-5H2,1-2H3. The van der Waals surface area contributed by atoms with Gasteiger partial charge in [0.15, 0.2) is 0 Å². The van der Waals surface area contributed by atoms with Crippen LogP contribution in [0.1, 0.15) is 37.0 Å². The molecule has 0 saturated heterocycles. The van der Waals surface area contributed by atoms with Gasteiger partial charge in [0.1, 0.15) is 5.82 Å². The topological polar surface area (TPSA) is 60.4 Å². The third-order valence-electron chi connectivity index (χ3n) is 2.66. The maximum atomic E-state index is 13.6. The molecule has 0 aromatic heterocycles. The highest BCUT2D eigenvalue weighted by Gasteiger charge is 2.21. The molecule has 21 heavy (non-hydrogen) atoms. The van der Waals surface area contributed by atoms with E-state index in [0.29, 0.717) is 18.4 Å². The van der Waals surface area contributed by atoms with E-state index in [-0.39, 0.29) is 12.2 Å². The molecule has 0 fully saturated rings. The van der Waals surface area contributed by atoms with E-state index in [2.05, 4.69) is 0 Å². The summed E-state index contributed by atoms with van der Waals surface area (Å²) in [4.78, 5) is 11.3. The van der Waals surface area contributed by atoms with Crippen LogP contribution in [-0.4, -0.2) is 21.0 Å². The van der Waals surface area contributed by atoms with Crippen molar-refractivity contribution in [3.05, 3.63) is 28.5 Å². The number of esters is 1. The van der Waals surface area contributed by atoms with Crippen LogP contribution >= 0.6 is 22.3 Å². The third kappa shape index (κ3) is 5.45. The Kier molecular flexibility index (Phi) is 6.43. The SMILES string of the molecule is CC(C)CCCOC(=O)c1cc(S(=O)(=O)Cl)cc(F)c1Cl. The normalized spacial score (nSPS) is 11.7. The lowest BCUT2D eigenvalue weighted by atomic mass is 10.1. The highest BCUT2D eigenvalue weighted by atomic mass is 35.7. The zero-order valence-electron chi connectivity index (χ0n) is 11.5. The first-order valence-electron chi connectivity index (χ1n) is 6.23. The summed E-state index contributed by atoms with van der Waals surface area (Å²) in [5.74, 6) is -1.47. The molecule has 0 heterocycles. The van der Waals surface area contributed by atoms with Crippen molar-refractivity contribution < 1.29 is 22.3 Å². The van der Waals surface area contributed by atoms with Gasteiger partial charge in [0.05, 0.1) is 22.1 Å². The molecule has 8 heteroatoms. The Morgan fingerprint density at radius 3 is 2.52 bits per heavy atom. The second-order valence-electron chi connectivity index (χ2n) is 4.88. The van der Waals surface area contributed by atoms with Gasteiger partial charge < -0.3 is 4.74 Å². The number of hydrogen-bond acceptors (Lipinski definition) is 4. The maximum absolute atomic E-state index is 13.6. The van der Waals surface area contributed by atoms with E-state index in [4.69, 9.17) is 27.0 Å². The van der Waals surface area contributed by atoms with Crippen LogP contribution in [0.25, 0.3) is 0 Å². The van der Waals surface area contributed by atoms with Crippen molar-refractivity contribution in [2.75, 3.05) is 6.61 Å². The van der Waals surface area contributed by atoms with Gasteiger partial charge in [-0.05, 0) is 30.9 Å². The lowest BCUT2D eigenvalue weighted by Crippen LogP contribution is -2.10. The zero-order chi connectivity index (χ0) is 16.2. The molecule has 0 bridgehead atoms. The predicted molar refractivity (Wildman–Crippen MR) is 78.8 cm³/mol. The molecule has 1 aromatic carbocycles. The second-order valence-corrected chi connectivity index (χ2v) is 7.82. The molecule has 0 unspecified atom stereocenters. The van der Waals surface area contributed by atoms with Crippen LogP contribution < -0.4 is 0 Å². The van der Waals surface area contributed by atoms with E-state index in [1.165, 1.54) is 0 Å². The smallest absolute Gasteiger partial charge is 0.339 e. The summed E-state index contributed by atoms with van der Waals surface area (Å²) in [7, 11) is 0.963. The molecule has 0 aliphatic heterocycles. The van der Waals surface area contributed by atoms with Crippen molar-refractivity contribution >= 4 is 37.3 Å². The maximum Gasteiger partial charge on any atom is 0.339 e. The van der Waals surface area contributed by atoms with E-state index in [1.54, 1.807) is 0 Å². The minimum absolute atomic E-state index is 0.146. The van der Waals surface area contributed by atoms with Crippen molar-refractivity contribution in [1.29, 1.82) is 0 Å². The van der Waals surface area contributed by atoms with Gasteiger partial charge in [0.25, 0.3) is 9.05 Å². The second kappa shape index (κ2) is 7.42. The van der Waals surface area contributed by atoms with Crippen molar-refractivity contribution in [2.45, 2.75) is 31.6 Å². The fourth-order valence-corrected chi connectivity index (χ4v) is 2.54. The zero-order valence-corrected chi connectivity index (χ0v) is 13.9. The Bertz CT molecular complexity index is 629. The summed E-state index contributed by atoms with van der Waals surface area (Å²) in [5, 5.41) is -0.493. The van der Waals surface area contributed by atoms with Crippen LogP contribution in [0.2, 0.25) is 5.02 Å². The Labute approximate surface area is 132 Å². The van der Waals surface area contributed by atoms with Crippen LogP contribution in [0.3, 0.4) is 0 Å². The van der Waals surface area contributed by atoms with E-state index in [0.717, 1.165) is 12.5 Å². The monoisotopic (exact) mass is 356 g/mol. The fraction of sp³-hybridized carbons (Fsp3) is 0.462. The van der Waals surface area contributed by atoms with Crippen LogP contribution in [0.5, 0.6) is 0 Å². The average molecular weight is 357 g/mol. The Morgan fingerprint density at radius 1 is 1.38 bits per heavy atom. The first-order valence-corrected chi connectivity index (χ1v) is 8.92. The molecule has 118 valence electrons. The van der Waals surface area contributed by atoms with Crippen molar-refractivity contribution in [3.63, 3.8) is 0 Å². The van der Waals surface area contributed by atoms with Gasteiger partial charge in [0, 0.05) is 10.7 Å². The van der Waals surface area contributed by atoms with Gasteiger partial charge in [-0.2, -0.15) is 0 Å². The number of benzene rings is 1. The van der Waals surface area contributed by atoms with Gasteiger partial charge in [-0.15, -0.1) is 0 Å². The van der Waals surface area contributed by atoms with Crippen molar-refractivity contribution in [2.24, 2.45) is 5.92 Å².